The van der Waals surface area contributed by atoms with Crippen molar-refractivity contribution in [1.82, 2.24) is 10.2 Å². The van der Waals surface area contributed by atoms with Gasteiger partial charge in [-0.3, -0.25) is 4.79 Å². The molecule has 1 spiro atoms. The Morgan fingerprint density at radius 1 is 1.26 bits per heavy atom. The zero-order valence-electron chi connectivity index (χ0n) is 13.6. The lowest BCUT2D eigenvalue weighted by molar-refractivity contribution is -0.221. The molecule has 2 rings (SSSR count). The second-order valence-electron chi connectivity index (χ2n) is 7.40. The number of hydrogen-bond donors (Lipinski definition) is 1. The van der Waals surface area contributed by atoms with Crippen LogP contribution in [0.5, 0.6) is 0 Å². The van der Waals surface area contributed by atoms with Gasteiger partial charge in [0, 0.05) is 31.5 Å². The monoisotopic (exact) mass is 336 g/mol. The Hall–Kier alpha value is -1.47. The smallest absolute Gasteiger partial charge is 0.410 e. The van der Waals surface area contributed by atoms with Gasteiger partial charge in [-0.15, -0.1) is 0 Å². The third-order valence-corrected chi connectivity index (χ3v) is 4.57. The van der Waals surface area contributed by atoms with E-state index < -0.39 is 41.5 Å². The molecule has 2 amide bonds. The fourth-order valence-electron chi connectivity index (χ4n) is 3.32. The molecule has 0 unspecified atom stereocenters. The number of amides is 2. The van der Waals surface area contributed by atoms with Crippen molar-refractivity contribution in [1.29, 1.82) is 0 Å². The highest BCUT2D eigenvalue weighted by molar-refractivity contribution is 5.77. The van der Waals surface area contributed by atoms with Crippen molar-refractivity contribution in [2.24, 2.45) is 11.3 Å². The normalized spacial score (nSPS) is 25.2. The van der Waals surface area contributed by atoms with Crippen molar-refractivity contribution in [2.75, 3.05) is 19.6 Å². The molecule has 23 heavy (non-hydrogen) atoms. The molecular weight excluding hydrogens is 313 g/mol. The van der Waals surface area contributed by atoms with Crippen LogP contribution in [0.25, 0.3) is 0 Å². The minimum atomic E-state index is -4.41. The van der Waals surface area contributed by atoms with Crippen molar-refractivity contribution in [3.63, 3.8) is 0 Å². The highest BCUT2D eigenvalue weighted by atomic mass is 19.4. The SMILES string of the molecule is CC(C)(C)OC(=O)N1CCC2(CC1)CNC(=O)C[C@H]2C(F)(F)F. The Kier molecular flexibility index (Phi) is 4.56. The van der Waals surface area contributed by atoms with Crippen molar-refractivity contribution < 1.29 is 27.5 Å². The number of rotatable bonds is 0. The van der Waals surface area contributed by atoms with Crippen molar-refractivity contribution in [3.05, 3.63) is 0 Å². The van der Waals surface area contributed by atoms with E-state index >= 15 is 0 Å². The first-order valence-corrected chi connectivity index (χ1v) is 7.74. The Morgan fingerprint density at radius 2 is 1.83 bits per heavy atom. The van der Waals surface area contributed by atoms with Gasteiger partial charge in [-0.1, -0.05) is 0 Å². The Labute approximate surface area is 133 Å². The molecule has 132 valence electrons. The molecule has 2 aliphatic heterocycles. The van der Waals surface area contributed by atoms with Gasteiger partial charge in [0.05, 0.1) is 5.92 Å². The van der Waals surface area contributed by atoms with Gasteiger partial charge < -0.3 is 15.0 Å². The zero-order valence-corrected chi connectivity index (χ0v) is 13.6. The van der Waals surface area contributed by atoms with Crippen LogP contribution in [0.4, 0.5) is 18.0 Å². The number of ether oxygens (including phenoxy) is 1. The number of hydrogen-bond acceptors (Lipinski definition) is 3. The number of nitrogens with one attached hydrogen (secondary N) is 1. The molecule has 0 bridgehead atoms. The molecule has 1 N–H and O–H groups in total. The maximum atomic E-state index is 13.3. The Bertz CT molecular complexity index is 477. The molecule has 8 heteroatoms. The number of nitrogens with zero attached hydrogens (tertiary/aromatic N) is 1. The van der Waals surface area contributed by atoms with Gasteiger partial charge in [0.15, 0.2) is 0 Å². The largest absolute Gasteiger partial charge is 0.444 e. The van der Waals surface area contributed by atoms with E-state index in [1.807, 2.05) is 0 Å². The molecule has 0 aromatic rings. The van der Waals surface area contributed by atoms with Crippen molar-refractivity contribution in [3.8, 4) is 0 Å². The van der Waals surface area contributed by atoms with Crippen LogP contribution in [0.3, 0.4) is 0 Å². The van der Waals surface area contributed by atoms with Crippen LogP contribution >= 0.6 is 0 Å². The third kappa shape index (κ3) is 4.09. The Morgan fingerprint density at radius 3 is 2.30 bits per heavy atom. The fraction of sp³-hybridized carbons (Fsp3) is 0.867. The lowest BCUT2D eigenvalue weighted by Gasteiger charge is -2.49. The van der Waals surface area contributed by atoms with E-state index in [2.05, 4.69) is 5.32 Å². The predicted octanol–water partition coefficient (Wildman–Crippen LogP) is 2.70. The van der Waals surface area contributed by atoms with Crippen LogP contribution in [-0.2, 0) is 9.53 Å². The van der Waals surface area contributed by atoms with E-state index in [1.165, 1.54) is 4.90 Å². The van der Waals surface area contributed by atoms with Gasteiger partial charge in [0.1, 0.15) is 5.60 Å². The van der Waals surface area contributed by atoms with Crippen LogP contribution in [0.2, 0.25) is 0 Å². The second-order valence-corrected chi connectivity index (χ2v) is 7.40. The van der Waals surface area contributed by atoms with Crippen LogP contribution in [0.1, 0.15) is 40.0 Å². The van der Waals surface area contributed by atoms with Crippen LogP contribution in [-0.4, -0.2) is 48.3 Å². The molecular formula is C15H23F3N2O3. The number of halogens is 3. The second kappa shape index (κ2) is 5.87. The zero-order chi connectivity index (χ0) is 17.5. The molecule has 0 aliphatic carbocycles. The summed E-state index contributed by atoms with van der Waals surface area (Å²) >= 11 is 0. The molecule has 2 saturated heterocycles. The molecule has 1 atom stereocenters. The first kappa shape index (κ1) is 17.9. The van der Waals surface area contributed by atoms with Crippen LogP contribution in [0.15, 0.2) is 0 Å². The fourth-order valence-corrected chi connectivity index (χ4v) is 3.32. The topological polar surface area (TPSA) is 58.6 Å². The van der Waals surface area contributed by atoms with E-state index in [0.717, 1.165) is 0 Å². The molecule has 2 heterocycles. The van der Waals surface area contributed by atoms with Gasteiger partial charge in [-0.05, 0) is 33.6 Å². The van der Waals surface area contributed by atoms with Crippen molar-refractivity contribution >= 4 is 12.0 Å². The minimum absolute atomic E-state index is 0.0121. The van der Waals surface area contributed by atoms with E-state index in [-0.39, 0.29) is 32.5 Å². The summed E-state index contributed by atoms with van der Waals surface area (Å²) in [6, 6.07) is 0. The van der Waals surface area contributed by atoms with Gasteiger partial charge >= 0.3 is 12.3 Å². The molecule has 2 aliphatic rings. The van der Waals surface area contributed by atoms with Gasteiger partial charge in [-0.2, -0.15) is 13.2 Å². The molecule has 5 nitrogen and oxygen atoms in total. The summed E-state index contributed by atoms with van der Waals surface area (Å²) in [5.74, 6) is -2.21. The summed E-state index contributed by atoms with van der Waals surface area (Å²) in [6.07, 6.45) is -5.04. The van der Waals surface area contributed by atoms with E-state index in [9.17, 15) is 22.8 Å². The molecule has 0 aromatic heterocycles. The lowest BCUT2D eigenvalue weighted by atomic mass is 9.65. The van der Waals surface area contributed by atoms with E-state index in [4.69, 9.17) is 4.74 Å². The number of carbonyl (C=O) groups is 2. The summed E-state index contributed by atoms with van der Waals surface area (Å²) in [5.41, 5.74) is -1.66. The van der Waals surface area contributed by atoms with E-state index in [0.29, 0.717) is 0 Å². The molecule has 0 saturated carbocycles. The van der Waals surface area contributed by atoms with Crippen LogP contribution < -0.4 is 5.32 Å². The quantitative estimate of drug-likeness (QED) is 0.740. The highest BCUT2D eigenvalue weighted by Gasteiger charge is 2.57. The summed E-state index contributed by atoms with van der Waals surface area (Å²) < 4.78 is 45.3. The number of likely N-dealkylation sites (tertiary alicyclic amines) is 1. The first-order valence-electron chi connectivity index (χ1n) is 7.74. The molecule has 0 aromatic carbocycles. The third-order valence-electron chi connectivity index (χ3n) is 4.57. The van der Waals surface area contributed by atoms with E-state index in [1.54, 1.807) is 20.8 Å². The van der Waals surface area contributed by atoms with Gasteiger partial charge in [0.25, 0.3) is 0 Å². The summed E-state index contributed by atoms with van der Waals surface area (Å²) in [5, 5.41) is 2.55. The molecule has 0 radical (unpaired) electrons. The van der Waals surface area contributed by atoms with Crippen LogP contribution in [0, 0.1) is 11.3 Å². The minimum Gasteiger partial charge on any atom is -0.444 e. The lowest BCUT2D eigenvalue weighted by Crippen LogP contribution is -2.58. The average Bonchev–Trinajstić information content (AvgIpc) is 2.39. The first-order chi connectivity index (χ1) is 10.4. The summed E-state index contributed by atoms with van der Waals surface area (Å²) in [6.45, 7) is 5.65. The highest BCUT2D eigenvalue weighted by Crippen LogP contribution is 2.49. The standard InChI is InChI=1S/C15H23F3N2O3/c1-13(2,3)23-12(22)20-6-4-14(5-7-20)9-19-11(21)8-10(14)15(16,17)18/h10H,4-9H2,1-3H3,(H,19,21)/t10-/m1/s1. The average molecular weight is 336 g/mol. The number of piperidine rings is 2. The van der Waals surface area contributed by atoms with Gasteiger partial charge in [0.2, 0.25) is 5.91 Å². The number of carbonyl (C=O) groups excluding carboxylic acids is 2. The number of alkyl halides is 3. The maximum absolute atomic E-state index is 13.3. The summed E-state index contributed by atoms with van der Waals surface area (Å²) in [7, 11) is 0. The maximum Gasteiger partial charge on any atom is 0.410 e. The Balaban J connectivity index is 2.06. The molecule has 2 fully saturated rings. The van der Waals surface area contributed by atoms with Gasteiger partial charge in [-0.25, -0.2) is 4.79 Å². The van der Waals surface area contributed by atoms with Crippen molar-refractivity contribution in [2.45, 2.75) is 51.8 Å². The predicted molar refractivity (Wildman–Crippen MR) is 76.6 cm³/mol. The summed E-state index contributed by atoms with van der Waals surface area (Å²) in [4.78, 5) is 24.9.